The Balaban J connectivity index is 1.79. The molecule has 1 heterocycles. The molecule has 2 aromatic rings. The first-order valence-electron chi connectivity index (χ1n) is 7.93. The van der Waals surface area contributed by atoms with Gasteiger partial charge in [0.15, 0.2) is 0 Å². The maximum atomic E-state index is 12.6. The number of benzene rings is 2. The molecule has 7 nitrogen and oxygen atoms in total. The van der Waals surface area contributed by atoms with Crippen LogP contribution >= 0.6 is 11.8 Å². The van der Waals surface area contributed by atoms with Crippen molar-refractivity contribution >= 4 is 39.3 Å². The summed E-state index contributed by atoms with van der Waals surface area (Å²) >= 11 is 1.25. The number of nitrogens with zero attached hydrogens (tertiary/aromatic N) is 2. The standard InChI is InChI=1S/C18H15N3O4S2/c19-9-10-26-16-8-4-3-7-15(16)20-17(22)11-21-18(23)14-6-2-1-5-13(14)12-27(21,24)25/h1-8H,10-12H2,(H,20,22). The molecular weight excluding hydrogens is 386 g/mol. The Morgan fingerprint density at radius 2 is 1.89 bits per heavy atom. The van der Waals surface area contributed by atoms with E-state index in [1.807, 2.05) is 6.07 Å². The molecule has 1 aliphatic rings. The fourth-order valence-electron chi connectivity index (χ4n) is 2.69. The Hall–Kier alpha value is -2.83. The highest BCUT2D eigenvalue weighted by Gasteiger charge is 2.36. The first-order valence-corrected chi connectivity index (χ1v) is 10.5. The molecule has 0 saturated carbocycles. The van der Waals surface area contributed by atoms with E-state index in [2.05, 4.69) is 5.32 Å². The van der Waals surface area contributed by atoms with Crippen LogP contribution < -0.4 is 5.32 Å². The second-order valence-electron chi connectivity index (χ2n) is 5.72. The molecule has 1 aliphatic heterocycles. The zero-order valence-electron chi connectivity index (χ0n) is 14.1. The van der Waals surface area contributed by atoms with Crippen molar-refractivity contribution in [2.75, 3.05) is 17.6 Å². The van der Waals surface area contributed by atoms with E-state index in [1.54, 1.807) is 48.5 Å². The van der Waals surface area contributed by atoms with E-state index in [0.717, 1.165) is 0 Å². The first kappa shape index (κ1) is 18.9. The van der Waals surface area contributed by atoms with Crippen LogP contribution in [0.2, 0.25) is 0 Å². The second-order valence-corrected chi connectivity index (χ2v) is 8.63. The Labute approximate surface area is 161 Å². The van der Waals surface area contributed by atoms with E-state index in [1.165, 1.54) is 11.8 Å². The maximum Gasteiger partial charge on any atom is 0.268 e. The van der Waals surface area contributed by atoms with E-state index >= 15 is 0 Å². The number of sulfonamides is 1. The molecule has 0 aromatic heterocycles. The van der Waals surface area contributed by atoms with E-state index in [4.69, 9.17) is 5.26 Å². The Morgan fingerprint density at radius 1 is 1.19 bits per heavy atom. The predicted octanol–water partition coefficient (Wildman–Crippen LogP) is 2.23. The summed E-state index contributed by atoms with van der Waals surface area (Å²) in [5, 5.41) is 11.3. The molecule has 2 amide bonds. The Kier molecular flexibility index (Phi) is 5.48. The van der Waals surface area contributed by atoms with E-state index < -0.39 is 28.4 Å². The third-order valence-electron chi connectivity index (χ3n) is 3.89. The topological polar surface area (TPSA) is 107 Å². The van der Waals surface area contributed by atoms with Gasteiger partial charge in [-0.25, -0.2) is 12.7 Å². The zero-order chi connectivity index (χ0) is 19.4. The summed E-state index contributed by atoms with van der Waals surface area (Å²) in [6, 6.07) is 15.3. The molecule has 0 unspecified atom stereocenters. The molecular formula is C18H15N3O4S2. The lowest BCUT2D eigenvalue weighted by molar-refractivity contribution is -0.116. The highest BCUT2D eigenvalue weighted by atomic mass is 32.2. The molecule has 0 saturated heterocycles. The van der Waals surface area contributed by atoms with E-state index in [0.29, 0.717) is 20.5 Å². The number of anilines is 1. The number of carbonyl (C=O) groups excluding carboxylic acids is 2. The van der Waals surface area contributed by atoms with Crippen molar-refractivity contribution in [1.29, 1.82) is 5.26 Å². The summed E-state index contributed by atoms with van der Waals surface area (Å²) in [6.45, 7) is -0.604. The lowest BCUT2D eigenvalue weighted by Gasteiger charge is -2.27. The van der Waals surface area contributed by atoms with E-state index in [-0.39, 0.29) is 17.1 Å². The average molecular weight is 401 g/mol. The molecule has 27 heavy (non-hydrogen) atoms. The molecule has 9 heteroatoms. The lowest BCUT2D eigenvalue weighted by Crippen LogP contribution is -2.45. The van der Waals surface area contributed by atoms with Crippen molar-refractivity contribution in [3.63, 3.8) is 0 Å². The average Bonchev–Trinajstić information content (AvgIpc) is 2.64. The van der Waals surface area contributed by atoms with Crippen molar-refractivity contribution in [3.8, 4) is 6.07 Å². The van der Waals surface area contributed by atoms with Gasteiger partial charge in [-0.3, -0.25) is 9.59 Å². The van der Waals surface area contributed by atoms with Crippen LogP contribution in [-0.4, -0.2) is 36.8 Å². The fraction of sp³-hybridized carbons (Fsp3) is 0.167. The predicted molar refractivity (Wildman–Crippen MR) is 102 cm³/mol. The molecule has 138 valence electrons. The number of hydrogen-bond donors (Lipinski definition) is 1. The lowest BCUT2D eigenvalue weighted by atomic mass is 10.1. The summed E-state index contributed by atoms with van der Waals surface area (Å²) < 4.78 is 25.5. The number of para-hydroxylation sites is 1. The van der Waals surface area contributed by atoms with Gasteiger partial charge in [-0.1, -0.05) is 30.3 Å². The normalized spacial score (nSPS) is 14.9. The van der Waals surface area contributed by atoms with Gasteiger partial charge >= 0.3 is 0 Å². The number of carbonyl (C=O) groups is 2. The van der Waals surface area contributed by atoms with Crippen molar-refractivity contribution < 1.29 is 18.0 Å². The van der Waals surface area contributed by atoms with Crippen LogP contribution in [-0.2, 0) is 20.6 Å². The number of hydrogen-bond acceptors (Lipinski definition) is 6. The number of fused-ring (bicyclic) bond motifs is 1. The van der Waals surface area contributed by atoms with Gasteiger partial charge in [0.2, 0.25) is 15.9 Å². The molecule has 3 rings (SSSR count). The van der Waals surface area contributed by atoms with Crippen LogP contribution in [0.25, 0.3) is 0 Å². The fourth-order valence-corrected chi connectivity index (χ4v) is 4.82. The first-order chi connectivity index (χ1) is 12.9. The number of amides is 2. The molecule has 0 fully saturated rings. The molecule has 0 bridgehead atoms. The molecule has 0 radical (unpaired) electrons. The molecule has 2 aromatic carbocycles. The molecule has 0 spiro atoms. The van der Waals surface area contributed by atoms with Gasteiger partial charge in [-0.15, -0.1) is 11.8 Å². The number of thioether (sulfide) groups is 1. The highest BCUT2D eigenvalue weighted by molar-refractivity contribution is 7.99. The van der Waals surface area contributed by atoms with E-state index in [9.17, 15) is 18.0 Å². The summed E-state index contributed by atoms with van der Waals surface area (Å²) in [6.07, 6.45) is 0. The van der Waals surface area contributed by atoms with Crippen molar-refractivity contribution in [2.45, 2.75) is 10.6 Å². The van der Waals surface area contributed by atoms with Gasteiger partial charge in [0.1, 0.15) is 6.54 Å². The number of nitriles is 1. The van der Waals surface area contributed by atoms with Gasteiger partial charge in [0, 0.05) is 10.5 Å². The second kappa shape index (κ2) is 7.82. The summed E-state index contributed by atoms with van der Waals surface area (Å²) in [7, 11) is -3.92. The minimum atomic E-state index is -3.92. The van der Waals surface area contributed by atoms with Crippen molar-refractivity contribution in [1.82, 2.24) is 4.31 Å². The monoisotopic (exact) mass is 401 g/mol. The third kappa shape index (κ3) is 4.13. The quantitative estimate of drug-likeness (QED) is 0.770. The van der Waals surface area contributed by atoms with Crippen LogP contribution in [0, 0.1) is 11.3 Å². The van der Waals surface area contributed by atoms with Crippen LogP contribution in [0.3, 0.4) is 0 Å². The van der Waals surface area contributed by atoms with Gasteiger partial charge in [-0.2, -0.15) is 5.26 Å². The SMILES string of the molecule is N#CCSc1ccccc1NC(=O)CN1C(=O)c2ccccc2CS1(=O)=O. The minimum absolute atomic E-state index is 0.211. The summed E-state index contributed by atoms with van der Waals surface area (Å²) in [5.74, 6) is -1.45. The minimum Gasteiger partial charge on any atom is -0.323 e. The largest absolute Gasteiger partial charge is 0.323 e. The van der Waals surface area contributed by atoms with Gasteiger partial charge in [0.25, 0.3) is 5.91 Å². The van der Waals surface area contributed by atoms with Crippen molar-refractivity contribution in [2.24, 2.45) is 0 Å². The zero-order valence-corrected chi connectivity index (χ0v) is 15.7. The van der Waals surface area contributed by atoms with Crippen LogP contribution in [0.15, 0.2) is 53.4 Å². The number of nitrogens with one attached hydrogen (secondary N) is 1. The highest BCUT2D eigenvalue weighted by Crippen LogP contribution is 2.27. The van der Waals surface area contributed by atoms with Gasteiger partial charge < -0.3 is 5.32 Å². The van der Waals surface area contributed by atoms with Gasteiger partial charge in [-0.05, 0) is 23.8 Å². The van der Waals surface area contributed by atoms with Crippen molar-refractivity contribution in [3.05, 3.63) is 59.7 Å². The maximum absolute atomic E-state index is 12.6. The smallest absolute Gasteiger partial charge is 0.268 e. The van der Waals surface area contributed by atoms with Crippen LogP contribution in [0.1, 0.15) is 15.9 Å². The summed E-state index contributed by atoms with van der Waals surface area (Å²) in [5.41, 5.74) is 1.17. The third-order valence-corrected chi connectivity index (χ3v) is 6.47. The van der Waals surface area contributed by atoms with Gasteiger partial charge in [0.05, 0.1) is 23.3 Å². The van der Waals surface area contributed by atoms with Crippen LogP contribution in [0.4, 0.5) is 5.69 Å². The Morgan fingerprint density at radius 3 is 2.67 bits per heavy atom. The molecule has 1 N–H and O–H groups in total. The number of rotatable bonds is 5. The molecule has 0 aliphatic carbocycles. The summed E-state index contributed by atoms with van der Waals surface area (Å²) in [4.78, 5) is 25.6. The Bertz CT molecular complexity index is 1040. The molecule has 0 atom stereocenters. The van der Waals surface area contributed by atoms with Crippen LogP contribution in [0.5, 0.6) is 0 Å².